The van der Waals surface area contributed by atoms with E-state index in [-0.39, 0.29) is 6.04 Å². The van der Waals surface area contributed by atoms with Crippen LogP contribution < -0.4 is 9.47 Å². The molecule has 1 aromatic carbocycles. The minimum absolute atomic E-state index is 0.188. The zero-order chi connectivity index (χ0) is 14.4. The molecule has 2 rings (SSSR count). The lowest BCUT2D eigenvalue weighted by Gasteiger charge is -2.22. The molecule has 0 amide bonds. The number of likely N-dealkylation sites (tertiary alicyclic amines) is 1. The number of nitriles is 1. The van der Waals surface area contributed by atoms with Crippen LogP contribution in [0.2, 0.25) is 0 Å². The molecule has 0 radical (unpaired) electrons. The van der Waals surface area contributed by atoms with Crippen LogP contribution >= 0.6 is 0 Å². The van der Waals surface area contributed by atoms with E-state index < -0.39 is 0 Å². The average molecular weight is 274 g/mol. The number of ether oxygens (including phenoxy) is 2. The Balaban J connectivity index is 2.26. The molecule has 1 heterocycles. The van der Waals surface area contributed by atoms with Gasteiger partial charge in [0, 0.05) is 0 Å². The third-order valence-electron chi connectivity index (χ3n) is 3.51. The van der Waals surface area contributed by atoms with Crippen LogP contribution in [0.4, 0.5) is 0 Å². The zero-order valence-electron chi connectivity index (χ0n) is 12.3. The van der Waals surface area contributed by atoms with E-state index in [0.717, 1.165) is 30.2 Å². The van der Waals surface area contributed by atoms with Crippen molar-refractivity contribution in [3.05, 3.63) is 23.8 Å². The Morgan fingerprint density at radius 2 is 1.80 bits per heavy atom. The second-order valence-electron chi connectivity index (χ2n) is 4.85. The fraction of sp³-hybridized carbons (Fsp3) is 0.562. The van der Waals surface area contributed by atoms with E-state index in [4.69, 9.17) is 9.47 Å². The summed E-state index contributed by atoms with van der Waals surface area (Å²) >= 11 is 0. The van der Waals surface area contributed by atoms with E-state index in [1.165, 1.54) is 12.8 Å². The van der Waals surface area contributed by atoms with Crippen molar-refractivity contribution in [2.75, 3.05) is 26.3 Å². The summed E-state index contributed by atoms with van der Waals surface area (Å²) in [4.78, 5) is 2.23. The second kappa shape index (κ2) is 7.16. The van der Waals surface area contributed by atoms with Gasteiger partial charge in [0.25, 0.3) is 0 Å². The predicted molar refractivity (Wildman–Crippen MR) is 77.9 cm³/mol. The first-order chi connectivity index (χ1) is 9.80. The molecular formula is C16H22N2O2. The van der Waals surface area contributed by atoms with Crippen molar-refractivity contribution >= 4 is 0 Å². The van der Waals surface area contributed by atoms with E-state index >= 15 is 0 Å². The van der Waals surface area contributed by atoms with Crippen LogP contribution in [0.25, 0.3) is 0 Å². The summed E-state index contributed by atoms with van der Waals surface area (Å²) in [6.45, 7) is 7.08. The van der Waals surface area contributed by atoms with Crippen molar-refractivity contribution in [3.8, 4) is 17.6 Å². The van der Waals surface area contributed by atoms with Gasteiger partial charge in [-0.1, -0.05) is 6.07 Å². The lowest BCUT2D eigenvalue weighted by Crippen LogP contribution is -2.24. The van der Waals surface area contributed by atoms with Gasteiger partial charge < -0.3 is 9.47 Å². The SMILES string of the molecule is CCOc1ccc(C(C#N)N2CCCC2)cc1OCC. The van der Waals surface area contributed by atoms with Crippen molar-refractivity contribution in [2.24, 2.45) is 0 Å². The highest BCUT2D eigenvalue weighted by Gasteiger charge is 2.24. The maximum atomic E-state index is 9.47. The highest BCUT2D eigenvalue weighted by Crippen LogP contribution is 2.33. The Bertz CT molecular complexity index is 476. The molecule has 0 saturated carbocycles. The summed E-state index contributed by atoms with van der Waals surface area (Å²) < 4.78 is 11.2. The number of hydrogen-bond donors (Lipinski definition) is 0. The van der Waals surface area contributed by atoms with Crippen LogP contribution in [0.15, 0.2) is 18.2 Å². The van der Waals surface area contributed by atoms with E-state index in [1.54, 1.807) is 0 Å². The molecule has 4 heteroatoms. The molecule has 1 atom stereocenters. The van der Waals surface area contributed by atoms with Gasteiger partial charge in [-0.05, 0) is 57.5 Å². The first kappa shape index (κ1) is 14.7. The minimum atomic E-state index is -0.188. The highest BCUT2D eigenvalue weighted by molar-refractivity contribution is 5.45. The van der Waals surface area contributed by atoms with Crippen molar-refractivity contribution < 1.29 is 9.47 Å². The number of benzene rings is 1. The van der Waals surface area contributed by atoms with Crippen LogP contribution in [-0.2, 0) is 0 Å². The maximum Gasteiger partial charge on any atom is 0.161 e. The molecule has 0 N–H and O–H groups in total. The van der Waals surface area contributed by atoms with Gasteiger partial charge in [-0.25, -0.2) is 0 Å². The van der Waals surface area contributed by atoms with Gasteiger partial charge in [0.05, 0.1) is 19.3 Å². The van der Waals surface area contributed by atoms with Crippen LogP contribution in [0, 0.1) is 11.3 Å². The topological polar surface area (TPSA) is 45.5 Å². The maximum absolute atomic E-state index is 9.47. The standard InChI is InChI=1S/C16H22N2O2/c1-3-19-15-8-7-13(11-16(15)20-4-2)14(12-17)18-9-5-6-10-18/h7-8,11,14H,3-6,9-10H2,1-2H3. The van der Waals surface area contributed by atoms with Crippen LogP contribution in [0.3, 0.4) is 0 Å². The Kier molecular flexibility index (Phi) is 5.25. The summed E-state index contributed by atoms with van der Waals surface area (Å²) in [6, 6.07) is 8.05. The monoisotopic (exact) mass is 274 g/mol. The largest absolute Gasteiger partial charge is 0.490 e. The fourth-order valence-electron chi connectivity index (χ4n) is 2.60. The summed E-state index contributed by atoms with van der Waals surface area (Å²) in [5.41, 5.74) is 0.987. The number of rotatable bonds is 6. The summed E-state index contributed by atoms with van der Waals surface area (Å²) in [6.07, 6.45) is 2.35. The number of nitrogens with zero attached hydrogens (tertiary/aromatic N) is 2. The summed E-state index contributed by atoms with van der Waals surface area (Å²) in [5, 5.41) is 9.47. The molecule has 1 aliphatic rings. The van der Waals surface area contributed by atoms with Gasteiger partial charge in [0.15, 0.2) is 11.5 Å². The Morgan fingerprint density at radius 3 is 2.40 bits per heavy atom. The molecule has 0 bridgehead atoms. The third-order valence-corrected chi connectivity index (χ3v) is 3.51. The minimum Gasteiger partial charge on any atom is -0.490 e. The van der Waals surface area contributed by atoms with Gasteiger partial charge in [-0.3, -0.25) is 4.90 Å². The molecule has 1 saturated heterocycles. The molecule has 1 fully saturated rings. The first-order valence-corrected chi connectivity index (χ1v) is 7.33. The van der Waals surface area contributed by atoms with Crippen LogP contribution in [0.5, 0.6) is 11.5 Å². The Morgan fingerprint density at radius 1 is 1.15 bits per heavy atom. The molecule has 0 spiro atoms. The summed E-state index contributed by atoms with van der Waals surface area (Å²) in [7, 11) is 0. The number of hydrogen-bond acceptors (Lipinski definition) is 4. The van der Waals surface area contributed by atoms with Gasteiger partial charge in [0.1, 0.15) is 6.04 Å². The van der Waals surface area contributed by atoms with E-state index in [2.05, 4.69) is 11.0 Å². The lowest BCUT2D eigenvalue weighted by molar-refractivity contribution is 0.280. The van der Waals surface area contributed by atoms with E-state index in [1.807, 2.05) is 32.0 Å². The molecule has 1 aromatic rings. The molecule has 108 valence electrons. The Hall–Kier alpha value is -1.73. The van der Waals surface area contributed by atoms with Gasteiger partial charge >= 0.3 is 0 Å². The molecule has 1 aliphatic heterocycles. The molecule has 1 unspecified atom stereocenters. The highest BCUT2D eigenvalue weighted by atomic mass is 16.5. The van der Waals surface area contributed by atoms with E-state index in [0.29, 0.717) is 13.2 Å². The molecule has 0 aromatic heterocycles. The van der Waals surface area contributed by atoms with Crippen molar-refractivity contribution in [1.29, 1.82) is 5.26 Å². The summed E-state index contributed by atoms with van der Waals surface area (Å²) in [5.74, 6) is 1.47. The third kappa shape index (κ3) is 3.23. The average Bonchev–Trinajstić information content (AvgIpc) is 2.97. The molecule has 20 heavy (non-hydrogen) atoms. The van der Waals surface area contributed by atoms with Crippen LogP contribution in [0.1, 0.15) is 38.3 Å². The van der Waals surface area contributed by atoms with Crippen LogP contribution in [-0.4, -0.2) is 31.2 Å². The van der Waals surface area contributed by atoms with E-state index in [9.17, 15) is 5.26 Å². The fourth-order valence-corrected chi connectivity index (χ4v) is 2.60. The lowest BCUT2D eigenvalue weighted by atomic mass is 10.1. The van der Waals surface area contributed by atoms with Gasteiger partial charge in [-0.2, -0.15) is 5.26 Å². The zero-order valence-corrected chi connectivity index (χ0v) is 12.3. The van der Waals surface area contributed by atoms with Crippen molar-refractivity contribution in [1.82, 2.24) is 4.90 Å². The molecule has 0 aliphatic carbocycles. The van der Waals surface area contributed by atoms with Gasteiger partial charge in [0.2, 0.25) is 0 Å². The first-order valence-electron chi connectivity index (χ1n) is 7.33. The Labute approximate surface area is 120 Å². The molecule has 4 nitrogen and oxygen atoms in total. The van der Waals surface area contributed by atoms with Crippen molar-refractivity contribution in [3.63, 3.8) is 0 Å². The predicted octanol–water partition coefficient (Wildman–Crippen LogP) is 3.14. The second-order valence-corrected chi connectivity index (χ2v) is 4.85. The molecular weight excluding hydrogens is 252 g/mol. The quantitative estimate of drug-likeness (QED) is 0.799. The normalized spacial score (nSPS) is 16.6. The van der Waals surface area contributed by atoms with Crippen molar-refractivity contribution in [2.45, 2.75) is 32.7 Å². The smallest absolute Gasteiger partial charge is 0.161 e. The van der Waals surface area contributed by atoms with Gasteiger partial charge in [-0.15, -0.1) is 0 Å².